The molecule has 0 unspecified atom stereocenters. The number of carbonyl (C=O) groups excluding carboxylic acids is 2. The maximum absolute atomic E-state index is 12.4. The number of nitrogens with one attached hydrogen (secondary N) is 2. The number of quaternary nitrogens is 1. The summed E-state index contributed by atoms with van der Waals surface area (Å²) in [6.45, 7) is 6.32. The fraction of sp³-hybridized carbons (Fsp3) is 0.500. The van der Waals surface area contributed by atoms with Crippen LogP contribution in [0.4, 0.5) is 10.5 Å². The van der Waals surface area contributed by atoms with Crippen LogP contribution in [0.1, 0.15) is 6.92 Å². The molecule has 0 radical (unpaired) electrons. The van der Waals surface area contributed by atoms with E-state index in [1.165, 1.54) is 9.80 Å². The quantitative estimate of drug-likeness (QED) is 0.670. The van der Waals surface area contributed by atoms with Crippen LogP contribution >= 0.6 is 0 Å². The molecule has 0 saturated carbocycles. The molecule has 0 spiro atoms. The van der Waals surface area contributed by atoms with E-state index in [0.717, 1.165) is 31.9 Å². The highest BCUT2D eigenvalue weighted by molar-refractivity contribution is 5.97. The third kappa shape index (κ3) is 3.24. The van der Waals surface area contributed by atoms with E-state index in [2.05, 4.69) is 10.2 Å². The minimum absolute atomic E-state index is 0.0897. The Labute approximate surface area is 135 Å². The van der Waals surface area contributed by atoms with Crippen LogP contribution in [0.25, 0.3) is 0 Å². The van der Waals surface area contributed by atoms with Gasteiger partial charge < -0.3 is 20.2 Å². The second-order valence-corrected chi connectivity index (χ2v) is 6.11. The van der Waals surface area contributed by atoms with Crippen molar-refractivity contribution in [3.63, 3.8) is 0 Å². The molecule has 124 valence electrons. The van der Waals surface area contributed by atoms with Gasteiger partial charge in [-0.2, -0.15) is 0 Å². The number of anilines is 1. The number of benzene rings is 1. The Bertz CT molecular complexity index is 581. The highest BCUT2D eigenvalue weighted by atomic mass is 16.3. The third-order valence-corrected chi connectivity index (χ3v) is 4.73. The lowest BCUT2D eigenvalue weighted by Crippen LogP contribution is -3.19. The molecule has 0 aliphatic carbocycles. The zero-order valence-corrected chi connectivity index (χ0v) is 13.3. The molecule has 1 aromatic rings. The van der Waals surface area contributed by atoms with Gasteiger partial charge in [0.15, 0.2) is 6.04 Å². The van der Waals surface area contributed by atoms with Gasteiger partial charge in [-0.1, -0.05) is 0 Å². The minimum Gasteiger partial charge on any atom is -0.508 e. The summed E-state index contributed by atoms with van der Waals surface area (Å²) in [4.78, 5) is 28.9. The zero-order chi connectivity index (χ0) is 16.4. The van der Waals surface area contributed by atoms with Crippen molar-refractivity contribution in [3.05, 3.63) is 24.3 Å². The lowest BCUT2D eigenvalue weighted by atomic mass is 10.2. The van der Waals surface area contributed by atoms with Crippen molar-refractivity contribution >= 4 is 17.6 Å². The number of hydrogen-bond donors (Lipinski definition) is 3. The number of aromatic hydroxyl groups is 1. The smallest absolute Gasteiger partial charge is 0.324 e. The maximum atomic E-state index is 12.4. The van der Waals surface area contributed by atoms with Crippen LogP contribution in [0.15, 0.2) is 24.3 Å². The van der Waals surface area contributed by atoms with Crippen molar-refractivity contribution in [2.45, 2.75) is 13.0 Å². The first kappa shape index (κ1) is 15.6. The van der Waals surface area contributed by atoms with Crippen molar-refractivity contribution in [3.8, 4) is 5.75 Å². The Morgan fingerprint density at radius 2 is 1.87 bits per heavy atom. The van der Waals surface area contributed by atoms with Crippen molar-refractivity contribution in [1.82, 2.24) is 10.2 Å². The highest BCUT2D eigenvalue weighted by Crippen LogP contribution is 2.18. The first-order chi connectivity index (χ1) is 11.1. The normalized spacial score (nSPS) is 20.5. The van der Waals surface area contributed by atoms with E-state index < -0.39 is 0 Å². The van der Waals surface area contributed by atoms with Crippen LogP contribution in [-0.2, 0) is 4.79 Å². The number of carbonyl (C=O) groups is 2. The van der Waals surface area contributed by atoms with E-state index >= 15 is 0 Å². The molecular weight excluding hydrogens is 296 g/mol. The number of imide groups is 1. The number of urea groups is 1. The average molecular weight is 319 g/mol. The van der Waals surface area contributed by atoms with Gasteiger partial charge in [0.2, 0.25) is 0 Å². The maximum Gasteiger partial charge on any atom is 0.324 e. The molecule has 23 heavy (non-hydrogen) atoms. The van der Waals surface area contributed by atoms with Gasteiger partial charge in [0.05, 0.1) is 26.2 Å². The number of hydrogen-bond acceptors (Lipinski definition) is 4. The van der Waals surface area contributed by atoms with Crippen LogP contribution in [0.3, 0.4) is 0 Å². The number of phenolic OH excluding ortho intramolecular Hbond substituents is 1. The van der Waals surface area contributed by atoms with Gasteiger partial charge in [-0.3, -0.25) is 9.69 Å². The highest BCUT2D eigenvalue weighted by Gasteiger charge is 2.36. The molecule has 1 aromatic carbocycles. The van der Waals surface area contributed by atoms with Crippen LogP contribution in [-0.4, -0.2) is 67.3 Å². The second kappa shape index (κ2) is 6.45. The summed E-state index contributed by atoms with van der Waals surface area (Å²) in [5.74, 6) is 0.175. The summed E-state index contributed by atoms with van der Waals surface area (Å²) in [5, 5.41) is 12.0. The van der Waals surface area contributed by atoms with Crippen LogP contribution in [0, 0.1) is 0 Å². The Balaban J connectivity index is 1.56. The molecule has 2 aliphatic rings. The second-order valence-electron chi connectivity index (χ2n) is 6.11. The van der Waals surface area contributed by atoms with Gasteiger partial charge in [-0.25, -0.2) is 4.79 Å². The molecule has 0 aromatic heterocycles. The van der Waals surface area contributed by atoms with Gasteiger partial charge in [0.1, 0.15) is 5.75 Å². The molecule has 3 rings (SSSR count). The summed E-state index contributed by atoms with van der Waals surface area (Å²) in [7, 11) is 0. The van der Waals surface area contributed by atoms with Crippen LogP contribution in [0.2, 0.25) is 0 Å². The summed E-state index contributed by atoms with van der Waals surface area (Å²) < 4.78 is 0. The lowest BCUT2D eigenvalue weighted by molar-refractivity contribution is -0.915. The Morgan fingerprint density at radius 3 is 2.43 bits per heavy atom. The number of amides is 3. The van der Waals surface area contributed by atoms with Gasteiger partial charge in [-0.05, 0) is 31.2 Å². The largest absolute Gasteiger partial charge is 0.508 e. The van der Waals surface area contributed by atoms with Crippen molar-refractivity contribution in [1.29, 1.82) is 0 Å². The molecule has 3 amide bonds. The lowest BCUT2D eigenvalue weighted by Gasteiger charge is -2.36. The van der Waals surface area contributed by atoms with Crippen LogP contribution in [0.5, 0.6) is 5.75 Å². The Morgan fingerprint density at radius 1 is 1.22 bits per heavy atom. The van der Waals surface area contributed by atoms with E-state index in [-0.39, 0.29) is 23.7 Å². The summed E-state index contributed by atoms with van der Waals surface area (Å²) in [6.07, 6.45) is 0. The monoisotopic (exact) mass is 319 g/mol. The van der Waals surface area contributed by atoms with E-state index in [9.17, 15) is 14.7 Å². The molecule has 2 saturated heterocycles. The van der Waals surface area contributed by atoms with Gasteiger partial charge >= 0.3 is 6.03 Å². The minimum atomic E-state index is -0.274. The van der Waals surface area contributed by atoms with Crippen molar-refractivity contribution < 1.29 is 19.6 Å². The topological polar surface area (TPSA) is 77.3 Å². The molecule has 2 aliphatic heterocycles. The van der Waals surface area contributed by atoms with Gasteiger partial charge in [-0.15, -0.1) is 0 Å². The molecule has 7 nitrogen and oxygen atoms in total. The van der Waals surface area contributed by atoms with E-state index in [1.54, 1.807) is 12.1 Å². The average Bonchev–Trinajstić information content (AvgIpc) is 3.00. The zero-order valence-electron chi connectivity index (χ0n) is 13.3. The number of phenols is 1. The number of rotatable bonds is 3. The third-order valence-electron chi connectivity index (χ3n) is 4.73. The molecule has 0 bridgehead atoms. The fourth-order valence-corrected chi connectivity index (χ4v) is 3.24. The van der Waals surface area contributed by atoms with E-state index in [4.69, 9.17) is 0 Å². The molecule has 7 heteroatoms. The molecule has 3 N–H and O–H groups in total. The summed E-state index contributed by atoms with van der Waals surface area (Å²) in [6, 6.07) is 6.71. The Hall–Kier alpha value is -2.28. The van der Waals surface area contributed by atoms with Crippen LogP contribution < -0.4 is 15.1 Å². The molecule has 2 fully saturated rings. The molecule has 2 heterocycles. The van der Waals surface area contributed by atoms with Gasteiger partial charge in [0.25, 0.3) is 5.91 Å². The molecular formula is C16H23N4O3+. The predicted octanol–water partition coefficient (Wildman–Crippen LogP) is -0.963. The fourth-order valence-electron chi connectivity index (χ4n) is 3.24. The number of piperazine rings is 1. The first-order valence-corrected chi connectivity index (χ1v) is 8.04. The summed E-state index contributed by atoms with van der Waals surface area (Å²) in [5.41, 5.74) is 1.08. The van der Waals surface area contributed by atoms with Gasteiger partial charge in [0, 0.05) is 18.8 Å². The first-order valence-electron chi connectivity index (χ1n) is 8.04. The van der Waals surface area contributed by atoms with Crippen molar-refractivity contribution in [2.75, 3.05) is 44.2 Å². The molecule has 1 atom stereocenters. The number of nitrogens with zero attached hydrogens (tertiary/aromatic N) is 2. The van der Waals surface area contributed by atoms with E-state index in [0.29, 0.717) is 13.1 Å². The summed E-state index contributed by atoms with van der Waals surface area (Å²) >= 11 is 0. The van der Waals surface area contributed by atoms with E-state index in [1.807, 2.05) is 19.1 Å². The van der Waals surface area contributed by atoms with Crippen molar-refractivity contribution in [2.24, 2.45) is 0 Å². The standard InChI is InChI=1S/C16H22N4O3/c1-12(15(22)20-7-6-17-16(20)23)18-8-10-19(11-9-18)13-2-4-14(21)5-3-13/h2-5,12,21H,6-11H2,1H3,(H,17,23)/p+1/t12-/m0/s1. The Kier molecular flexibility index (Phi) is 4.38. The SMILES string of the molecule is C[C@@H](C(=O)N1CCNC1=O)[NH+]1CCN(c2ccc(O)cc2)CC1. The predicted molar refractivity (Wildman–Crippen MR) is 85.6 cm³/mol.